The molecule has 1 amide bonds. The van der Waals surface area contributed by atoms with Crippen LogP contribution < -0.4 is 22.5 Å². The topological polar surface area (TPSA) is 82.3 Å². The molecule has 0 saturated heterocycles. The summed E-state index contributed by atoms with van der Waals surface area (Å²) in [6.07, 6.45) is 2.50. The first-order chi connectivity index (χ1) is 10.1. The molecule has 2 aromatic rings. The number of amides is 1. The summed E-state index contributed by atoms with van der Waals surface area (Å²) in [5.41, 5.74) is 1.34. The van der Waals surface area contributed by atoms with Crippen molar-refractivity contribution >= 4 is 17.6 Å². The standard InChI is InChI=1S/C15H14N2O4.ClH/c1-2-21-15(19)12-3-5-13(6-4-12)16-14(18)11-7-9-17(20)10-8-11;/h3-10H,2H2,1H3,(H,16,18);1H/p-1. The first-order valence-corrected chi connectivity index (χ1v) is 6.37. The third-order valence-electron chi connectivity index (χ3n) is 2.72. The fourth-order valence-corrected chi connectivity index (χ4v) is 1.67. The highest BCUT2D eigenvalue weighted by molar-refractivity contribution is 6.04. The molecule has 1 N–H and O–H groups in total. The molecule has 0 aliphatic heterocycles. The van der Waals surface area contributed by atoms with Gasteiger partial charge in [0.25, 0.3) is 5.91 Å². The molecule has 1 aromatic heterocycles. The molecule has 0 aliphatic rings. The maximum Gasteiger partial charge on any atom is 0.338 e. The highest BCUT2D eigenvalue weighted by Crippen LogP contribution is 2.12. The summed E-state index contributed by atoms with van der Waals surface area (Å²) >= 11 is 0. The summed E-state index contributed by atoms with van der Waals surface area (Å²) in [7, 11) is 0. The Morgan fingerprint density at radius 2 is 1.68 bits per heavy atom. The predicted molar refractivity (Wildman–Crippen MR) is 75.8 cm³/mol. The second kappa shape index (κ2) is 7.99. The molecule has 0 saturated carbocycles. The Morgan fingerprint density at radius 1 is 1.09 bits per heavy atom. The van der Waals surface area contributed by atoms with Crippen LogP contribution in [0.4, 0.5) is 5.69 Å². The fraction of sp³-hybridized carbons (Fsp3) is 0.133. The van der Waals surface area contributed by atoms with E-state index in [1.165, 1.54) is 24.5 Å². The lowest BCUT2D eigenvalue weighted by Gasteiger charge is -2.06. The monoisotopic (exact) mass is 321 g/mol. The second-order valence-electron chi connectivity index (χ2n) is 4.20. The minimum absolute atomic E-state index is 0. The Bertz CT molecular complexity index is 642. The molecule has 0 aliphatic carbocycles. The predicted octanol–water partition coefficient (Wildman–Crippen LogP) is -1.25. The van der Waals surface area contributed by atoms with Crippen LogP contribution in [0, 0.1) is 5.21 Å². The minimum atomic E-state index is -0.404. The van der Waals surface area contributed by atoms with Gasteiger partial charge in [0.05, 0.1) is 17.7 Å². The number of carbonyl (C=O) groups is 2. The van der Waals surface area contributed by atoms with E-state index in [1.807, 2.05) is 0 Å². The fourth-order valence-electron chi connectivity index (χ4n) is 1.67. The van der Waals surface area contributed by atoms with Gasteiger partial charge in [-0.25, -0.2) is 4.79 Å². The highest BCUT2D eigenvalue weighted by Gasteiger charge is 2.09. The van der Waals surface area contributed by atoms with Gasteiger partial charge in [0.15, 0.2) is 12.4 Å². The summed E-state index contributed by atoms with van der Waals surface area (Å²) in [5, 5.41) is 13.6. The van der Waals surface area contributed by atoms with Crippen molar-refractivity contribution in [1.29, 1.82) is 0 Å². The maximum absolute atomic E-state index is 11.9. The summed E-state index contributed by atoms with van der Waals surface area (Å²) in [6.45, 7) is 2.04. The Hall–Kier alpha value is -2.60. The van der Waals surface area contributed by atoms with Crippen LogP contribution in [0.2, 0.25) is 0 Å². The van der Waals surface area contributed by atoms with E-state index in [1.54, 1.807) is 31.2 Å². The van der Waals surface area contributed by atoms with Crippen molar-refractivity contribution < 1.29 is 31.5 Å². The van der Waals surface area contributed by atoms with E-state index in [0.717, 1.165) is 0 Å². The van der Waals surface area contributed by atoms with Crippen LogP contribution in [-0.2, 0) is 4.74 Å². The number of esters is 1. The molecular formula is C15H14ClN2O4-. The average molecular weight is 322 g/mol. The van der Waals surface area contributed by atoms with E-state index in [4.69, 9.17) is 4.74 Å². The zero-order chi connectivity index (χ0) is 15.2. The zero-order valence-corrected chi connectivity index (χ0v) is 12.5. The number of aromatic nitrogens is 1. The van der Waals surface area contributed by atoms with Crippen LogP contribution in [0.1, 0.15) is 27.6 Å². The Kier molecular flexibility index (Phi) is 6.34. The molecule has 0 atom stereocenters. The van der Waals surface area contributed by atoms with E-state index in [-0.39, 0.29) is 18.3 Å². The van der Waals surface area contributed by atoms with Crippen molar-refractivity contribution in [3.05, 3.63) is 65.1 Å². The molecular weight excluding hydrogens is 308 g/mol. The van der Waals surface area contributed by atoms with Crippen molar-refractivity contribution in [3.63, 3.8) is 0 Å². The molecule has 22 heavy (non-hydrogen) atoms. The van der Waals surface area contributed by atoms with Crippen LogP contribution >= 0.6 is 0 Å². The van der Waals surface area contributed by atoms with Crippen LogP contribution in [0.25, 0.3) is 0 Å². The minimum Gasteiger partial charge on any atom is -1.00 e. The lowest BCUT2D eigenvalue weighted by molar-refractivity contribution is -0.605. The molecule has 0 unspecified atom stereocenters. The largest absolute Gasteiger partial charge is 1.00 e. The number of hydrogen-bond donors (Lipinski definition) is 1. The number of hydrogen-bond acceptors (Lipinski definition) is 4. The number of carbonyl (C=O) groups excluding carboxylic acids is 2. The Labute approximate surface area is 133 Å². The normalized spacial score (nSPS) is 9.50. The number of pyridine rings is 1. The molecule has 0 radical (unpaired) electrons. The molecule has 0 fully saturated rings. The van der Waals surface area contributed by atoms with Gasteiger partial charge in [0, 0.05) is 17.8 Å². The van der Waals surface area contributed by atoms with Gasteiger partial charge in [-0.3, -0.25) is 4.79 Å². The van der Waals surface area contributed by atoms with Gasteiger partial charge >= 0.3 is 5.97 Å². The number of nitrogens with zero attached hydrogens (tertiary/aromatic N) is 1. The highest BCUT2D eigenvalue weighted by atomic mass is 35.5. The average Bonchev–Trinajstić information content (AvgIpc) is 2.49. The van der Waals surface area contributed by atoms with E-state index in [2.05, 4.69) is 5.32 Å². The molecule has 0 spiro atoms. The van der Waals surface area contributed by atoms with Gasteiger partial charge in [-0.2, -0.15) is 4.73 Å². The van der Waals surface area contributed by atoms with E-state index >= 15 is 0 Å². The molecule has 0 bridgehead atoms. The summed E-state index contributed by atoms with van der Waals surface area (Å²) < 4.78 is 5.47. The number of rotatable bonds is 4. The quantitative estimate of drug-likeness (QED) is 0.433. The van der Waals surface area contributed by atoms with Crippen molar-refractivity contribution in [1.82, 2.24) is 0 Å². The lowest BCUT2D eigenvalue weighted by atomic mass is 10.2. The van der Waals surface area contributed by atoms with Crippen molar-refractivity contribution in [3.8, 4) is 0 Å². The van der Waals surface area contributed by atoms with E-state index in [9.17, 15) is 14.8 Å². The number of halogens is 1. The Balaban J connectivity index is 0.00000242. The van der Waals surface area contributed by atoms with Gasteiger partial charge in [-0.05, 0) is 31.2 Å². The van der Waals surface area contributed by atoms with Gasteiger partial charge in [-0.1, -0.05) is 0 Å². The van der Waals surface area contributed by atoms with Gasteiger partial charge in [0.2, 0.25) is 0 Å². The van der Waals surface area contributed by atoms with Gasteiger partial charge < -0.3 is 27.7 Å². The second-order valence-corrected chi connectivity index (χ2v) is 4.20. The van der Waals surface area contributed by atoms with Crippen LogP contribution in [0.3, 0.4) is 0 Å². The van der Waals surface area contributed by atoms with Gasteiger partial charge in [-0.15, -0.1) is 0 Å². The molecule has 1 aromatic carbocycles. The third kappa shape index (κ3) is 4.46. The lowest BCUT2D eigenvalue weighted by Crippen LogP contribution is -3.00. The summed E-state index contributed by atoms with van der Waals surface area (Å²) in [6, 6.07) is 9.22. The van der Waals surface area contributed by atoms with Crippen molar-refractivity contribution in [2.24, 2.45) is 0 Å². The molecule has 116 valence electrons. The first-order valence-electron chi connectivity index (χ1n) is 6.37. The molecule has 1 heterocycles. The maximum atomic E-state index is 11.9. The van der Waals surface area contributed by atoms with Crippen LogP contribution in [0.15, 0.2) is 48.8 Å². The number of anilines is 1. The number of ether oxygens (including phenoxy) is 1. The van der Waals surface area contributed by atoms with Crippen LogP contribution in [0.5, 0.6) is 0 Å². The van der Waals surface area contributed by atoms with E-state index < -0.39 is 5.97 Å². The van der Waals surface area contributed by atoms with E-state index in [0.29, 0.717) is 28.2 Å². The van der Waals surface area contributed by atoms with Gasteiger partial charge in [0.1, 0.15) is 0 Å². The van der Waals surface area contributed by atoms with Crippen LogP contribution in [-0.4, -0.2) is 18.5 Å². The molecule has 2 rings (SSSR count). The number of benzene rings is 1. The Morgan fingerprint density at radius 3 is 2.23 bits per heavy atom. The smallest absolute Gasteiger partial charge is 0.338 e. The zero-order valence-electron chi connectivity index (χ0n) is 11.8. The SMILES string of the molecule is CCOC(=O)c1ccc(NC(=O)c2cc[n+]([O-])cc2)cc1.[Cl-]. The van der Waals surface area contributed by atoms with Crippen molar-refractivity contribution in [2.45, 2.75) is 6.92 Å². The first kappa shape index (κ1) is 17.5. The summed E-state index contributed by atoms with van der Waals surface area (Å²) in [5.74, 6) is -0.738. The molecule has 6 nitrogen and oxygen atoms in total. The number of nitrogens with one attached hydrogen (secondary N) is 1. The molecule has 7 heteroatoms. The van der Waals surface area contributed by atoms with Crippen molar-refractivity contribution in [2.75, 3.05) is 11.9 Å². The summed E-state index contributed by atoms with van der Waals surface area (Å²) in [4.78, 5) is 23.4. The third-order valence-corrected chi connectivity index (χ3v) is 2.72.